The van der Waals surface area contributed by atoms with Crippen molar-refractivity contribution in [3.05, 3.63) is 22.8 Å². The second-order valence-corrected chi connectivity index (χ2v) is 4.01. The molecule has 6 nitrogen and oxygen atoms in total. The van der Waals surface area contributed by atoms with Crippen LogP contribution in [0.15, 0.2) is 6.07 Å². The highest BCUT2D eigenvalue weighted by Gasteiger charge is 2.22. The van der Waals surface area contributed by atoms with Gasteiger partial charge < -0.3 is 14.6 Å². The Balaban J connectivity index is 3.51. The summed E-state index contributed by atoms with van der Waals surface area (Å²) in [6.45, 7) is 5.44. The Morgan fingerprint density at radius 3 is 2.00 bits per heavy atom. The van der Waals surface area contributed by atoms with Gasteiger partial charge in [0.15, 0.2) is 5.75 Å². The van der Waals surface area contributed by atoms with Crippen molar-refractivity contribution in [3.63, 3.8) is 0 Å². The minimum atomic E-state index is -1.22. The lowest BCUT2D eigenvalue weighted by atomic mass is 10.0. The van der Waals surface area contributed by atoms with Crippen LogP contribution in [-0.4, -0.2) is 23.0 Å². The van der Waals surface area contributed by atoms with Crippen LogP contribution in [-0.2, 0) is 9.59 Å². The van der Waals surface area contributed by atoms with Crippen molar-refractivity contribution in [2.24, 2.45) is 0 Å². The summed E-state index contributed by atoms with van der Waals surface area (Å²) >= 11 is 0. The lowest BCUT2D eigenvalue weighted by Crippen LogP contribution is -2.12. The van der Waals surface area contributed by atoms with Crippen molar-refractivity contribution in [1.29, 1.82) is 0 Å². The van der Waals surface area contributed by atoms with Gasteiger partial charge >= 0.3 is 17.9 Å². The van der Waals surface area contributed by atoms with E-state index in [-0.39, 0.29) is 22.6 Å². The lowest BCUT2D eigenvalue weighted by Gasteiger charge is -2.15. The average Bonchev–Trinajstić information content (AvgIpc) is 2.22. The first-order valence-electron chi connectivity index (χ1n) is 5.48. The van der Waals surface area contributed by atoms with Crippen LogP contribution in [0.5, 0.6) is 11.5 Å². The summed E-state index contributed by atoms with van der Waals surface area (Å²) in [7, 11) is 0. The maximum Gasteiger partial charge on any atom is 0.339 e. The molecule has 19 heavy (non-hydrogen) atoms. The Morgan fingerprint density at radius 1 is 1.05 bits per heavy atom. The molecule has 1 aromatic carbocycles. The second-order valence-electron chi connectivity index (χ2n) is 4.01. The maximum absolute atomic E-state index is 11.2. The fourth-order valence-electron chi connectivity index (χ4n) is 1.65. The van der Waals surface area contributed by atoms with Gasteiger partial charge in [-0.1, -0.05) is 0 Å². The Kier molecular flexibility index (Phi) is 4.26. The summed E-state index contributed by atoms with van der Waals surface area (Å²) < 4.78 is 9.89. The average molecular weight is 266 g/mol. The highest BCUT2D eigenvalue weighted by atomic mass is 16.5. The summed E-state index contributed by atoms with van der Waals surface area (Å²) in [5, 5.41) is 9.16. The molecule has 1 aromatic rings. The number of benzene rings is 1. The van der Waals surface area contributed by atoms with E-state index in [4.69, 9.17) is 14.6 Å². The van der Waals surface area contributed by atoms with Crippen LogP contribution in [0.4, 0.5) is 0 Å². The molecular formula is C13H14O6. The minimum absolute atomic E-state index is 0.101. The number of aryl methyl sites for hydroxylation is 1. The van der Waals surface area contributed by atoms with Crippen LogP contribution in [0.1, 0.15) is 35.3 Å². The van der Waals surface area contributed by atoms with Crippen molar-refractivity contribution in [3.8, 4) is 11.5 Å². The normalized spacial score (nSPS) is 9.89. The monoisotopic (exact) mass is 266 g/mol. The van der Waals surface area contributed by atoms with Crippen LogP contribution in [0.2, 0.25) is 0 Å². The van der Waals surface area contributed by atoms with Gasteiger partial charge in [-0.3, -0.25) is 9.59 Å². The summed E-state index contributed by atoms with van der Waals surface area (Å²) in [6, 6.07) is 1.42. The quantitative estimate of drug-likeness (QED) is 0.663. The fraction of sp³-hybridized carbons (Fsp3) is 0.308. The largest absolute Gasteiger partial charge is 0.478 e. The summed E-state index contributed by atoms with van der Waals surface area (Å²) in [4.78, 5) is 33.3. The standard InChI is InChI=1S/C13H14O6/c1-6-5-10(18-8(3)14)7(2)12(19-9(4)15)11(6)13(16)17/h5H,1-4H3,(H,16,17). The van der Waals surface area contributed by atoms with Crippen molar-refractivity contribution < 1.29 is 29.0 Å². The molecule has 0 spiro atoms. The Bertz CT molecular complexity index is 559. The van der Waals surface area contributed by atoms with Gasteiger partial charge in [-0.15, -0.1) is 0 Å². The topological polar surface area (TPSA) is 89.9 Å². The number of aromatic carboxylic acids is 1. The first-order valence-corrected chi connectivity index (χ1v) is 5.48. The van der Waals surface area contributed by atoms with Gasteiger partial charge in [-0.25, -0.2) is 4.79 Å². The van der Waals surface area contributed by atoms with E-state index in [1.54, 1.807) is 0 Å². The molecule has 0 unspecified atom stereocenters. The molecule has 0 amide bonds. The van der Waals surface area contributed by atoms with Crippen molar-refractivity contribution >= 4 is 17.9 Å². The third-order valence-corrected chi connectivity index (χ3v) is 2.39. The van der Waals surface area contributed by atoms with Gasteiger partial charge in [0.05, 0.1) is 0 Å². The van der Waals surface area contributed by atoms with Gasteiger partial charge in [-0.05, 0) is 25.5 Å². The van der Waals surface area contributed by atoms with Gasteiger partial charge in [0.2, 0.25) is 0 Å². The zero-order valence-corrected chi connectivity index (χ0v) is 11.1. The van der Waals surface area contributed by atoms with E-state index >= 15 is 0 Å². The molecule has 102 valence electrons. The van der Waals surface area contributed by atoms with Crippen LogP contribution >= 0.6 is 0 Å². The molecule has 1 N–H and O–H groups in total. The van der Waals surface area contributed by atoms with Crippen LogP contribution < -0.4 is 9.47 Å². The molecule has 0 saturated carbocycles. The molecule has 0 radical (unpaired) electrons. The SMILES string of the molecule is CC(=O)Oc1cc(C)c(C(=O)O)c(OC(C)=O)c1C. The molecule has 1 rings (SSSR count). The van der Waals surface area contributed by atoms with Crippen LogP contribution in [0, 0.1) is 13.8 Å². The number of esters is 2. The lowest BCUT2D eigenvalue weighted by molar-refractivity contribution is -0.132. The molecule has 0 aromatic heterocycles. The van der Waals surface area contributed by atoms with Gasteiger partial charge in [0.25, 0.3) is 0 Å². The molecule has 0 heterocycles. The number of rotatable bonds is 3. The number of carbonyl (C=O) groups is 3. The smallest absolute Gasteiger partial charge is 0.339 e. The number of ether oxygens (including phenoxy) is 2. The highest BCUT2D eigenvalue weighted by Crippen LogP contribution is 2.34. The fourth-order valence-corrected chi connectivity index (χ4v) is 1.65. The predicted octanol–water partition coefficient (Wildman–Crippen LogP) is 1.85. The Morgan fingerprint density at radius 2 is 1.58 bits per heavy atom. The third kappa shape index (κ3) is 3.31. The van der Waals surface area contributed by atoms with Crippen molar-refractivity contribution in [1.82, 2.24) is 0 Å². The maximum atomic E-state index is 11.2. The van der Waals surface area contributed by atoms with Crippen molar-refractivity contribution in [2.75, 3.05) is 0 Å². The van der Waals surface area contributed by atoms with E-state index in [0.717, 1.165) is 0 Å². The van der Waals surface area contributed by atoms with Gasteiger partial charge in [0, 0.05) is 19.4 Å². The molecular weight excluding hydrogens is 252 g/mol. The summed E-state index contributed by atoms with van der Waals surface area (Å²) in [6.07, 6.45) is 0. The number of hydrogen-bond acceptors (Lipinski definition) is 5. The first kappa shape index (κ1) is 14.7. The number of hydrogen-bond donors (Lipinski definition) is 1. The van der Waals surface area contributed by atoms with Crippen LogP contribution in [0.25, 0.3) is 0 Å². The van der Waals surface area contributed by atoms with E-state index in [9.17, 15) is 14.4 Å². The van der Waals surface area contributed by atoms with Crippen molar-refractivity contribution in [2.45, 2.75) is 27.7 Å². The molecule has 0 saturated heterocycles. The molecule has 0 fully saturated rings. The summed E-state index contributed by atoms with van der Waals surface area (Å²) in [5.41, 5.74) is 0.502. The van der Waals surface area contributed by atoms with Gasteiger partial charge in [-0.2, -0.15) is 0 Å². The summed E-state index contributed by atoms with van der Waals surface area (Å²) in [5.74, 6) is -2.34. The van der Waals surface area contributed by atoms with Gasteiger partial charge in [0.1, 0.15) is 11.3 Å². The van der Waals surface area contributed by atoms with E-state index in [2.05, 4.69) is 0 Å². The number of carbonyl (C=O) groups excluding carboxylic acids is 2. The predicted molar refractivity (Wildman–Crippen MR) is 65.5 cm³/mol. The zero-order chi connectivity index (χ0) is 14.7. The molecule has 0 aliphatic heterocycles. The van der Waals surface area contributed by atoms with E-state index in [0.29, 0.717) is 5.56 Å². The second kappa shape index (κ2) is 5.51. The molecule has 0 aliphatic rings. The number of carboxylic acids is 1. The molecule has 0 bridgehead atoms. The first-order chi connectivity index (χ1) is 8.73. The van der Waals surface area contributed by atoms with E-state index in [1.807, 2.05) is 0 Å². The molecule has 0 aliphatic carbocycles. The van der Waals surface area contributed by atoms with E-state index in [1.165, 1.54) is 33.8 Å². The highest BCUT2D eigenvalue weighted by molar-refractivity contribution is 5.95. The molecule has 6 heteroatoms. The minimum Gasteiger partial charge on any atom is -0.478 e. The Labute approximate surface area is 109 Å². The Hall–Kier alpha value is -2.37. The number of carboxylic acid groups (broad SMARTS) is 1. The molecule has 0 atom stereocenters. The van der Waals surface area contributed by atoms with E-state index < -0.39 is 17.9 Å². The van der Waals surface area contributed by atoms with Crippen LogP contribution in [0.3, 0.4) is 0 Å². The third-order valence-electron chi connectivity index (χ3n) is 2.39. The zero-order valence-electron chi connectivity index (χ0n) is 11.1.